The Balaban J connectivity index is 2.56. The van der Waals surface area contributed by atoms with E-state index in [1.54, 1.807) is 7.11 Å². The Bertz CT molecular complexity index is 302. The minimum atomic E-state index is 0.571. The third-order valence-electron chi connectivity index (χ3n) is 2.34. The molecular formula is C12H18ClNO. The third-order valence-corrected chi connectivity index (χ3v) is 2.69. The van der Waals surface area contributed by atoms with E-state index in [1.807, 2.05) is 12.1 Å². The van der Waals surface area contributed by atoms with E-state index < -0.39 is 0 Å². The maximum absolute atomic E-state index is 6.12. The monoisotopic (exact) mass is 227 g/mol. The van der Waals surface area contributed by atoms with E-state index >= 15 is 0 Å². The number of hydrogen-bond donors (Lipinski definition) is 1. The molecule has 0 amide bonds. The lowest BCUT2D eigenvalue weighted by Gasteiger charge is -2.06. The highest BCUT2D eigenvalue weighted by atomic mass is 35.5. The number of halogens is 1. The van der Waals surface area contributed by atoms with Crippen LogP contribution >= 0.6 is 11.6 Å². The molecule has 84 valence electrons. The fourth-order valence-electron chi connectivity index (χ4n) is 1.49. The SMILES string of the molecule is COCc1ccc(CCCCN)cc1Cl. The van der Waals surface area contributed by atoms with Crippen molar-refractivity contribution in [1.29, 1.82) is 0 Å². The van der Waals surface area contributed by atoms with Crippen LogP contribution in [0, 0.1) is 0 Å². The Morgan fingerprint density at radius 2 is 2.13 bits per heavy atom. The average molecular weight is 228 g/mol. The summed E-state index contributed by atoms with van der Waals surface area (Å²) < 4.78 is 5.05. The van der Waals surface area contributed by atoms with E-state index in [9.17, 15) is 0 Å². The van der Waals surface area contributed by atoms with Gasteiger partial charge in [-0.15, -0.1) is 0 Å². The van der Waals surface area contributed by atoms with Crippen LogP contribution in [-0.4, -0.2) is 13.7 Å². The molecule has 2 nitrogen and oxygen atoms in total. The van der Waals surface area contributed by atoms with Gasteiger partial charge in [-0.2, -0.15) is 0 Å². The lowest BCUT2D eigenvalue weighted by atomic mass is 10.1. The summed E-state index contributed by atoms with van der Waals surface area (Å²) in [7, 11) is 1.67. The van der Waals surface area contributed by atoms with Crippen LogP contribution < -0.4 is 5.73 Å². The minimum absolute atomic E-state index is 0.571. The van der Waals surface area contributed by atoms with Crippen molar-refractivity contribution in [2.24, 2.45) is 5.73 Å². The van der Waals surface area contributed by atoms with Crippen LogP contribution in [0.3, 0.4) is 0 Å². The van der Waals surface area contributed by atoms with Crippen molar-refractivity contribution in [3.8, 4) is 0 Å². The third kappa shape index (κ3) is 4.20. The number of aryl methyl sites for hydroxylation is 1. The summed E-state index contributed by atoms with van der Waals surface area (Å²) in [5.74, 6) is 0. The van der Waals surface area contributed by atoms with Gasteiger partial charge in [0.05, 0.1) is 6.61 Å². The van der Waals surface area contributed by atoms with Gasteiger partial charge in [0, 0.05) is 12.1 Å². The molecule has 0 saturated carbocycles. The maximum Gasteiger partial charge on any atom is 0.0727 e. The van der Waals surface area contributed by atoms with E-state index in [0.717, 1.165) is 36.4 Å². The highest BCUT2D eigenvalue weighted by molar-refractivity contribution is 6.31. The fourth-order valence-corrected chi connectivity index (χ4v) is 1.75. The number of benzene rings is 1. The standard InChI is InChI=1S/C12H18ClNO/c1-15-9-11-6-5-10(8-12(11)13)4-2-3-7-14/h5-6,8H,2-4,7,9,14H2,1H3. The summed E-state index contributed by atoms with van der Waals surface area (Å²) in [4.78, 5) is 0. The molecule has 2 N–H and O–H groups in total. The molecule has 0 bridgehead atoms. The normalized spacial score (nSPS) is 10.6. The van der Waals surface area contributed by atoms with Gasteiger partial charge < -0.3 is 10.5 Å². The van der Waals surface area contributed by atoms with Crippen molar-refractivity contribution in [2.75, 3.05) is 13.7 Å². The van der Waals surface area contributed by atoms with Gasteiger partial charge in [0.1, 0.15) is 0 Å². The summed E-state index contributed by atoms with van der Waals surface area (Å²) in [5.41, 5.74) is 7.76. The fraction of sp³-hybridized carbons (Fsp3) is 0.500. The average Bonchev–Trinajstić information content (AvgIpc) is 2.23. The van der Waals surface area contributed by atoms with Gasteiger partial charge in [0.2, 0.25) is 0 Å². The first kappa shape index (κ1) is 12.5. The Morgan fingerprint density at radius 3 is 2.73 bits per heavy atom. The molecule has 0 saturated heterocycles. The Hall–Kier alpha value is -0.570. The second-order valence-corrected chi connectivity index (χ2v) is 4.01. The van der Waals surface area contributed by atoms with E-state index in [0.29, 0.717) is 6.61 Å². The zero-order chi connectivity index (χ0) is 11.1. The van der Waals surface area contributed by atoms with Crippen LogP contribution in [0.1, 0.15) is 24.0 Å². The summed E-state index contributed by atoms with van der Waals surface area (Å²) in [5, 5.41) is 0.794. The number of ether oxygens (including phenoxy) is 1. The molecule has 0 atom stereocenters. The first-order valence-electron chi connectivity index (χ1n) is 5.24. The largest absolute Gasteiger partial charge is 0.380 e. The second kappa shape index (κ2) is 6.83. The minimum Gasteiger partial charge on any atom is -0.380 e. The zero-order valence-corrected chi connectivity index (χ0v) is 9.89. The summed E-state index contributed by atoms with van der Waals surface area (Å²) in [6, 6.07) is 6.16. The van der Waals surface area contributed by atoms with Crippen molar-refractivity contribution in [3.63, 3.8) is 0 Å². The van der Waals surface area contributed by atoms with Gasteiger partial charge in [-0.05, 0) is 43.0 Å². The Labute approximate surface area is 96.4 Å². The van der Waals surface area contributed by atoms with Gasteiger partial charge in [-0.1, -0.05) is 23.7 Å². The zero-order valence-electron chi connectivity index (χ0n) is 9.13. The summed E-state index contributed by atoms with van der Waals surface area (Å²) in [6.07, 6.45) is 3.23. The molecular weight excluding hydrogens is 210 g/mol. The van der Waals surface area contributed by atoms with Crippen molar-refractivity contribution >= 4 is 11.6 Å². The maximum atomic E-state index is 6.12. The molecule has 0 spiro atoms. The van der Waals surface area contributed by atoms with E-state index in [1.165, 1.54) is 5.56 Å². The predicted molar refractivity (Wildman–Crippen MR) is 64.2 cm³/mol. The molecule has 0 radical (unpaired) electrons. The smallest absolute Gasteiger partial charge is 0.0727 e. The van der Waals surface area contributed by atoms with Crippen LogP contribution in [0.25, 0.3) is 0 Å². The molecule has 1 aromatic carbocycles. The van der Waals surface area contributed by atoms with Crippen LogP contribution in [-0.2, 0) is 17.8 Å². The molecule has 3 heteroatoms. The Kier molecular flexibility index (Phi) is 5.69. The molecule has 0 aromatic heterocycles. The van der Waals surface area contributed by atoms with Gasteiger partial charge in [-0.25, -0.2) is 0 Å². The van der Waals surface area contributed by atoms with Crippen molar-refractivity contribution in [3.05, 3.63) is 34.3 Å². The van der Waals surface area contributed by atoms with E-state index in [-0.39, 0.29) is 0 Å². The molecule has 15 heavy (non-hydrogen) atoms. The molecule has 0 fully saturated rings. The molecule has 1 aromatic rings. The first-order chi connectivity index (χ1) is 7.27. The van der Waals surface area contributed by atoms with Gasteiger partial charge in [0.25, 0.3) is 0 Å². The number of methoxy groups -OCH3 is 1. The Morgan fingerprint density at radius 1 is 1.33 bits per heavy atom. The molecule has 0 unspecified atom stereocenters. The summed E-state index contributed by atoms with van der Waals surface area (Å²) in [6.45, 7) is 1.33. The molecule has 0 aliphatic heterocycles. The highest BCUT2D eigenvalue weighted by Crippen LogP contribution is 2.19. The lowest BCUT2D eigenvalue weighted by Crippen LogP contribution is -1.99. The van der Waals surface area contributed by atoms with Crippen LogP contribution in [0.15, 0.2) is 18.2 Å². The number of rotatable bonds is 6. The van der Waals surface area contributed by atoms with Crippen molar-refractivity contribution < 1.29 is 4.74 Å². The van der Waals surface area contributed by atoms with Crippen LogP contribution in [0.2, 0.25) is 5.02 Å². The van der Waals surface area contributed by atoms with E-state index in [4.69, 9.17) is 22.1 Å². The number of hydrogen-bond acceptors (Lipinski definition) is 2. The number of nitrogens with two attached hydrogens (primary N) is 1. The summed E-state index contributed by atoms with van der Waals surface area (Å²) >= 11 is 6.12. The van der Waals surface area contributed by atoms with Crippen molar-refractivity contribution in [2.45, 2.75) is 25.9 Å². The first-order valence-corrected chi connectivity index (χ1v) is 5.62. The van der Waals surface area contributed by atoms with E-state index in [2.05, 4.69) is 6.07 Å². The molecule has 0 aliphatic rings. The molecule has 1 rings (SSSR count). The van der Waals surface area contributed by atoms with Gasteiger partial charge >= 0.3 is 0 Å². The lowest BCUT2D eigenvalue weighted by molar-refractivity contribution is 0.185. The van der Waals surface area contributed by atoms with Gasteiger partial charge in [-0.3, -0.25) is 0 Å². The number of unbranched alkanes of at least 4 members (excludes halogenated alkanes) is 1. The quantitative estimate of drug-likeness (QED) is 0.759. The van der Waals surface area contributed by atoms with Gasteiger partial charge in [0.15, 0.2) is 0 Å². The van der Waals surface area contributed by atoms with Crippen molar-refractivity contribution in [1.82, 2.24) is 0 Å². The predicted octanol–water partition coefficient (Wildman–Crippen LogP) is 2.77. The molecule has 0 aliphatic carbocycles. The highest BCUT2D eigenvalue weighted by Gasteiger charge is 2.01. The topological polar surface area (TPSA) is 35.2 Å². The second-order valence-electron chi connectivity index (χ2n) is 3.60. The van der Waals surface area contributed by atoms with Crippen LogP contribution in [0.4, 0.5) is 0 Å². The van der Waals surface area contributed by atoms with Crippen LogP contribution in [0.5, 0.6) is 0 Å². The molecule has 0 heterocycles.